The van der Waals surface area contributed by atoms with Crippen molar-refractivity contribution in [3.63, 3.8) is 0 Å². The van der Waals surface area contributed by atoms with E-state index >= 15 is 0 Å². The molecule has 0 heterocycles. The molecule has 0 aliphatic carbocycles. The first-order valence-corrected chi connectivity index (χ1v) is 10.4. The minimum atomic E-state index is -0.257. The van der Waals surface area contributed by atoms with E-state index in [9.17, 15) is 0 Å². The first kappa shape index (κ1) is 18.0. The Hall–Kier alpha value is -0.00883. The Morgan fingerprint density at radius 1 is 1.11 bits per heavy atom. The molecule has 2 N–H and O–H groups in total. The van der Waals surface area contributed by atoms with Crippen molar-refractivity contribution in [1.82, 2.24) is 0 Å². The Bertz CT molecular complexity index is 278. The third-order valence-corrected chi connectivity index (χ3v) is 3.41. The number of ether oxygens (including phenoxy) is 1. The molecular formula is C12H21O4SiTi. The molecule has 0 aromatic heterocycles. The number of aliphatic hydroxyl groups is 2. The van der Waals surface area contributed by atoms with E-state index in [1.165, 1.54) is 5.56 Å². The van der Waals surface area contributed by atoms with E-state index in [1.54, 1.807) is 0 Å². The fraction of sp³-hybridized carbons (Fsp3) is 0.500. The molecule has 1 aromatic rings. The summed E-state index contributed by atoms with van der Waals surface area (Å²) in [4.78, 5) is 0. The Morgan fingerprint density at radius 3 is 2.17 bits per heavy atom. The predicted octanol–water partition coefficient (Wildman–Crippen LogP) is 0.0448. The molecule has 1 rings (SSSR count). The topological polar surface area (TPSA) is 58.9 Å². The molecule has 0 aliphatic heterocycles. The molecule has 0 spiro atoms. The van der Waals surface area contributed by atoms with Gasteiger partial charge < -0.3 is 9.84 Å². The molecule has 101 valence electrons. The maximum atomic E-state index is 8.46. The van der Waals surface area contributed by atoms with Gasteiger partial charge in [-0.05, 0) is 12.5 Å². The fourth-order valence-corrected chi connectivity index (χ4v) is 2.03. The van der Waals surface area contributed by atoms with Gasteiger partial charge in [-0.2, -0.15) is 0 Å². The van der Waals surface area contributed by atoms with Gasteiger partial charge >= 0.3 is 50.1 Å². The summed E-state index contributed by atoms with van der Waals surface area (Å²) in [5, 5.41) is 16.6. The molecule has 18 heavy (non-hydrogen) atoms. The van der Waals surface area contributed by atoms with Gasteiger partial charge in [-0.15, -0.1) is 0 Å². The maximum absolute atomic E-state index is 8.46. The molecule has 0 amide bonds. The number of rotatable bonds is 7. The van der Waals surface area contributed by atoms with Crippen LogP contribution in [0.3, 0.4) is 0 Å². The van der Waals surface area contributed by atoms with E-state index in [4.69, 9.17) is 19.4 Å². The molecule has 4 nitrogen and oxygen atoms in total. The second-order valence-corrected chi connectivity index (χ2v) is 5.59. The first-order chi connectivity index (χ1) is 8.74. The van der Waals surface area contributed by atoms with Gasteiger partial charge in [0, 0.05) is 0 Å². The van der Waals surface area contributed by atoms with Crippen molar-refractivity contribution in [1.29, 1.82) is 0 Å². The van der Waals surface area contributed by atoms with Gasteiger partial charge in [-0.3, -0.25) is 0 Å². The van der Waals surface area contributed by atoms with Gasteiger partial charge in [0.05, 0.1) is 19.8 Å². The molecular weight excluding hydrogens is 284 g/mol. The van der Waals surface area contributed by atoms with Crippen LogP contribution >= 0.6 is 0 Å². The van der Waals surface area contributed by atoms with Gasteiger partial charge in [0.2, 0.25) is 0 Å². The van der Waals surface area contributed by atoms with Crippen LogP contribution in [0.5, 0.6) is 0 Å². The third-order valence-electron chi connectivity index (χ3n) is 1.96. The van der Waals surface area contributed by atoms with Crippen LogP contribution in [0.1, 0.15) is 11.1 Å². The molecule has 0 saturated carbocycles. The second-order valence-electron chi connectivity index (χ2n) is 3.54. The predicted molar refractivity (Wildman–Crippen MR) is 69.5 cm³/mol. The average Bonchev–Trinajstić information content (AvgIpc) is 2.40. The summed E-state index contributed by atoms with van der Waals surface area (Å²) in [7, 11) is -0.257. The van der Waals surface area contributed by atoms with Crippen molar-refractivity contribution in [3.05, 3.63) is 35.4 Å². The van der Waals surface area contributed by atoms with Crippen LogP contribution in [0.15, 0.2) is 24.3 Å². The van der Waals surface area contributed by atoms with Gasteiger partial charge in [-0.25, -0.2) is 0 Å². The number of hydrogen-bond acceptors (Lipinski definition) is 4. The summed E-state index contributed by atoms with van der Waals surface area (Å²) in [5.41, 5.74) is 2.40. The van der Waals surface area contributed by atoms with Crippen molar-refractivity contribution in [3.8, 4) is 0 Å². The fourth-order valence-electron chi connectivity index (χ4n) is 1.08. The quantitative estimate of drug-likeness (QED) is 0.552. The van der Waals surface area contributed by atoms with Gasteiger partial charge in [0.15, 0.2) is 0 Å². The molecule has 0 atom stereocenters. The van der Waals surface area contributed by atoms with E-state index in [2.05, 4.69) is 19.1 Å². The molecule has 0 saturated heterocycles. The normalized spacial score (nSPS) is 10.3. The van der Waals surface area contributed by atoms with Gasteiger partial charge in [0.1, 0.15) is 0 Å². The van der Waals surface area contributed by atoms with Gasteiger partial charge in [-0.1, -0.05) is 29.8 Å². The number of aliphatic hydroxyl groups excluding tert-OH is 2. The zero-order valence-electron chi connectivity index (χ0n) is 10.8. The summed E-state index contributed by atoms with van der Waals surface area (Å²) < 4.78 is 10.0. The SMILES string of the molecule is Cc1ccc(COCCO)cc1.OCCO[SiH2][Ti]. The van der Waals surface area contributed by atoms with E-state index < -0.39 is 0 Å². The van der Waals surface area contributed by atoms with Crippen molar-refractivity contribution < 1.29 is 39.1 Å². The number of benzene rings is 1. The van der Waals surface area contributed by atoms with Crippen molar-refractivity contribution >= 4 is 7.63 Å². The van der Waals surface area contributed by atoms with Crippen LogP contribution in [-0.2, 0) is 35.5 Å². The molecule has 0 aliphatic rings. The molecule has 0 radical (unpaired) electrons. The van der Waals surface area contributed by atoms with Crippen molar-refractivity contribution in [2.24, 2.45) is 0 Å². The van der Waals surface area contributed by atoms with E-state index in [0.717, 1.165) is 5.56 Å². The zero-order chi connectivity index (χ0) is 13.6. The summed E-state index contributed by atoms with van der Waals surface area (Å²) >= 11 is 2.04. The Labute approximate surface area is 122 Å². The van der Waals surface area contributed by atoms with Crippen molar-refractivity contribution in [2.75, 3.05) is 26.4 Å². The summed E-state index contributed by atoms with van der Waals surface area (Å²) in [6, 6.07) is 8.18. The number of hydrogen-bond donors (Lipinski definition) is 2. The summed E-state index contributed by atoms with van der Waals surface area (Å²) in [6.07, 6.45) is 0. The Kier molecular flexibility index (Phi) is 13.4. The molecule has 6 heteroatoms. The van der Waals surface area contributed by atoms with Crippen LogP contribution in [0.4, 0.5) is 0 Å². The van der Waals surface area contributed by atoms with Crippen LogP contribution in [0, 0.1) is 6.92 Å². The second kappa shape index (κ2) is 13.4. The van der Waals surface area contributed by atoms with Crippen LogP contribution in [0.2, 0.25) is 0 Å². The van der Waals surface area contributed by atoms with Crippen LogP contribution in [-0.4, -0.2) is 44.3 Å². The third kappa shape index (κ3) is 11.1. The average molecular weight is 305 g/mol. The van der Waals surface area contributed by atoms with E-state index in [-0.39, 0.29) is 20.8 Å². The zero-order valence-corrected chi connectivity index (χ0v) is 13.7. The molecule has 0 bridgehead atoms. The van der Waals surface area contributed by atoms with Gasteiger partial charge in [0.25, 0.3) is 0 Å². The Balaban J connectivity index is 0.000000411. The first-order valence-electron chi connectivity index (χ1n) is 5.82. The molecule has 0 unspecified atom stereocenters. The minimum absolute atomic E-state index is 0.0891. The standard InChI is InChI=1S/C10H14O2.C2H7O2Si.Ti/c1-9-2-4-10(5-3-9)8-12-7-6-11;3-1-2-4-5;/h2-5,11H,6-8H2,1H3;3H,1-2,5H2;. The summed E-state index contributed by atoms with van der Waals surface area (Å²) in [5.74, 6) is 0. The van der Waals surface area contributed by atoms with E-state index in [1.807, 2.05) is 31.8 Å². The number of aryl methyl sites for hydroxylation is 1. The van der Waals surface area contributed by atoms with Crippen molar-refractivity contribution in [2.45, 2.75) is 13.5 Å². The van der Waals surface area contributed by atoms with Crippen LogP contribution in [0.25, 0.3) is 0 Å². The monoisotopic (exact) mass is 305 g/mol. The molecule has 0 fully saturated rings. The summed E-state index contributed by atoms with van der Waals surface area (Å²) in [6.45, 7) is 3.84. The van der Waals surface area contributed by atoms with Crippen LogP contribution < -0.4 is 0 Å². The Morgan fingerprint density at radius 2 is 1.72 bits per heavy atom. The van der Waals surface area contributed by atoms with E-state index in [0.29, 0.717) is 19.8 Å². The molecule has 1 aromatic carbocycles.